The van der Waals surface area contributed by atoms with Gasteiger partial charge in [-0.15, -0.1) is 0 Å². The molecule has 0 radical (unpaired) electrons. The second-order valence-corrected chi connectivity index (χ2v) is 8.39. The molecular weight excluding hydrogens is 314 g/mol. The predicted molar refractivity (Wildman–Crippen MR) is 98.6 cm³/mol. The van der Waals surface area contributed by atoms with E-state index in [4.69, 9.17) is 4.74 Å². The molecule has 1 N–H and O–H groups in total. The number of aromatic nitrogens is 1. The number of alkyl carbamates (subject to hydrolysis) is 1. The predicted octanol–water partition coefficient (Wildman–Crippen LogP) is 3.71. The highest BCUT2D eigenvalue weighted by Crippen LogP contribution is 2.34. The summed E-state index contributed by atoms with van der Waals surface area (Å²) in [7, 11) is 0. The third kappa shape index (κ3) is 5.18. The summed E-state index contributed by atoms with van der Waals surface area (Å²) in [5.74, 6) is 0.607. The Balaban J connectivity index is 1.43. The summed E-state index contributed by atoms with van der Waals surface area (Å²) in [5, 5.41) is 3.03. The highest BCUT2D eigenvalue weighted by atomic mass is 16.6. The maximum atomic E-state index is 11.9. The van der Waals surface area contributed by atoms with Crippen molar-refractivity contribution in [2.24, 2.45) is 0 Å². The lowest BCUT2D eigenvalue weighted by Crippen LogP contribution is -2.42. The van der Waals surface area contributed by atoms with Crippen LogP contribution in [0.25, 0.3) is 0 Å². The summed E-state index contributed by atoms with van der Waals surface area (Å²) in [6.07, 6.45) is 7.48. The van der Waals surface area contributed by atoms with Crippen LogP contribution in [0, 0.1) is 0 Å². The highest BCUT2D eigenvalue weighted by Gasteiger charge is 2.33. The molecule has 1 aromatic rings. The molecule has 5 nitrogen and oxygen atoms in total. The molecule has 3 rings (SSSR count). The van der Waals surface area contributed by atoms with Crippen molar-refractivity contribution in [2.45, 2.75) is 76.5 Å². The van der Waals surface area contributed by atoms with Gasteiger partial charge < -0.3 is 10.1 Å². The molecule has 1 aliphatic heterocycles. The van der Waals surface area contributed by atoms with Gasteiger partial charge in [0.2, 0.25) is 0 Å². The number of carbonyl (C=O) groups excluding carboxylic acids is 1. The molecule has 1 amide bonds. The van der Waals surface area contributed by atoms with Gasteiger partial charge in [0.25, 0.3) is 0 Å². The molecule has 2 fully saturated rings. The first-order valence-electron chi connectivity index (χ1n) is 9.55. The van der Waals surface area contributed by atoms with Gasteiger partial charge in [-0.1, -0.05) is 6.07 Å². The topological polar surface area (TPSA) is 54.5 Å². The van der Waals surface area contributed by atoms with Crippen LogP contribution >= 0.6 is 0 Å². The molecule has 0 aromatic carbocycles. The molecule has 1 saturated heterocycles. The number of ether oxygens (including phenoxy) is 1. The molecule has 2 aliphatic rings. The second kappa shape index (κ2) is 7.73. The van der Waals surface area contributed by atoms with Crippen LogP contribution in [0.1, 0.15) is 64.5 Å². The maximum Gasteiger partial charge on any atom is 0.407 e. The van der Waals surface area contributed by atoms with E-state index < -0.39 is 5.60 Å². The third-order valence-electron chi connectivity index (χ3n) is 5.26. The molecule has 0 spiro atoms. The Hall–Kier alpha value is -1.62. The van der Waals surface area contributed by atoms with Crippen LogP contribution in [0.3, 0.4) is 0 Å². The third-order valence-corrected chi connectivity index (χ3v) is 5.26. The summed E-state index contributed by atoms with van der Waals surface area (Å²) < 4.78 is 5.37. The molecule has 2 heterocycles. The second-order valence-electron chi connectivity index (χ2n) is 8.39. The van der Waals surface area contributed by atoms with Crippen molar-refractivity contribution in [1.82, 2.24) is 15.2 Å². The SMILES string of the molecule is CC(C)(C)OC(=O)NC1CCN(C2CCC(c3ccccn3)CC2)C1. The van der Waals surface area contributed by atoms with E-state index in [1.165, 1.54) is 31.4 Å². The van der Waals surface area contributed by atoms with Crippen molar-refractivity contribution in [3.8, 4) is 0 Å². The lowest BCUT2D eigenvalue weighted by atomic mass is 9.83. The van der Waals surface area contributed by atoms with Gasteiger partial charge in [0.05, 0.1) is 0 Å². The van der Waals surface area contributed by atoms with E-state index in [0.717, 1.165) is 19.5 Å². The number of likely N-dealkylation sites (tertiary alicyclic amines) is 1. The average Bonchev–Trinajstić information content (AvgIpc) is 3.02. The normalized spacial score (nSPS) is 27.9. The van der Waals surface area contributed by atoms with Crippen LogP contribution in [0.4, 0.5) is 4.79 Å². The zero-order valence-electron chi connectivity index (χ0n) is 15.7. The number of carbonyl (C=O) groups is 1. The van der Waals surface area contributed by atoms with Crippen molar-refractivity contribution in [2.75, 3.05) is 13.1 Å². The molecule has 1 aromatic heterocycles. The van der Waals surface area contributed by atoms with E-state index in [1.54, 1.807) is 0 Å². The molecular formula is C20H31N3O2. The van der Waals surface area contributed by atoms with Crippen LogP contribution in [-0.4, -0.2) is 46.8 Å². The number of rotatable bonds is 3. The van der Waals surface area contributed by atoms with Crippen molar-refractivity contribution < 1.29 is 9.53 Å². The first-order chi connectivity index (χ1) is 11.9. The summed E-state index contributed by atoms with van der Waals surface area (Å²) in [4.78, 5) is 19.0. The summed E-state index contributed by atoms with van der Waals surface area (Å²) in [5.41, 5.74) is 0.804. The maximum absolute atomic E-state index is 11.9. The van der Waals surface area contributed by atoms with Gasteiger partial charge in [-0.3, -0.25) is 9.88 Å². The number of hydrogen-bond acceptors (Lipinski definition) is 4. The Kier molecular flexibility index (Phi) is 5.62. The Morgan fingerprint density at radius 3 is 2.60 bits per heavy atom. The van der Waals surface area contributed by atoms with Gasteiger partial charge in [-0.05, 0) is 65.0 Å². The zero-order chi connectivity index (χ0) is 17.9. The van der Waals surface area contributed by atoms with E-state index in [9.17, 15) is 4.79 Å². The van der Waals surface area contributed by atoms with Crippen LogP contribution in [0.5, 0.6) is 0 Å². The molecule has 1 atom stereocenters. The number of hydrogen-bond donors (Lipinski definition) is 1. The molecule has 1 unspecified atom stereocenters. The van der Waals surface area contributed by atoms with Crippen LogP contribution in [0.15, 0.2) is 24.4 Å². The van der Waals surface area contributed by atoms with Gasteiger partial charge >= 0.3 is 6.09 Å². The van der Waals surface area contributed by atoms with Crippen LogP contribution < -0.4 is 5.32 Å². The van der Waals surface area contributed by atoms with Crippen LogP contribution in [-0.2, 0) is 4.74 Å². The zero-order valence-corrected chi connectivity index (χ0v) is 15.7. The Morgan fingerprint density at radius 2 is 1.96 bits per heavy atom. The monoisotopic (exact) mass is 345 g/mol. The fourth-order valence-electron chi connectivity index (χ4n) is 4.07. The minimum absolute atomic E-state index is 0.211. The van der Waals surface area contributed by atoms with Crippen molar-refractivity contribution in [1.29, 1.82) is 0 Å². The fraction of sp³-hybridized carbons (Fsp3) is 0.700. The number of amides is 1. The number of pyridine rings is 1. The summed E-state index contributed by atoms with van der Waals surface area (Å²) in [6.45, 7) is 7.70. The average molecular weight is 345 g/mol. The Bertz CT molecular complexity index is 562. The minimum Gasteiger partial charge on any atom is -0.444 e. The van der Waals surface area contributed by atoms with E-state index in [0.29, 0.717) is 12.0 Å². The first kappa shape index (κ1) is 18.2. The van der Waals surface area contributed by atoms with Gasteiger partial charge in [0.15, 0.2) is 0 Å². The number of nitrogens with one attached hydrogen (secondary N) is 1. The molecule has 5 heteroatoms. The van der Waals surface area contributed by atoms with E-state index in [-0.39, 0.29) is 12.1 Å². The largest absolute Gasteiger partial charge is 0.444 e. The van der Waals surface area contributed by atoms with Crippen molar-refractivity contribution in [3.05, 3.63) is 30.1 Å². The van der Waals surface area contributed by atoms with E-state index in [2.05, 4.69) is 27.3 Å². The molecule has 1 saturated carbocycles. The summed E-state index contributed by atoms with van der Waals surface area (Å²) in [6, 6.07) is 7.08. The molecule has 1 aliphatic carbocycles. The molecule has 25 heavy (non-hydrogen) atoms. The fourth-order valence-corrected chi connectivity index (χ4v) is 4.07. The highest BCUT2D eigenvalue weighted by molar-refractivity contribution is 5.68. The van der Waals surface area contributed by atoms with Gasteiger partial charge in [-0.2, -0.15) is 0 Å². The summed E-state index contributed by atoms with van der Waals surface area (Å²) >= 11 is 0. The molecule has 138 valence electrons. The smallest absolute Gasteiger partial charge is 0.407 e. The van der Waals surface area contributed by atoms with E-state index >= 15 is 0 Å². The lowest BCUT2D eigenvalue weighted by Gasteiger charge is -2.34. The van der Waals surface area contributed by atoms with Crippen molar-refractivity contribution in [3.63, 3.8) is 0 Å². The van der Waals surface area contributed by atoms with Crippen LogP contribution in [0.2, 0.25) is 0 Å². The molecule has 0 bridgehead atoms. The number of nitrogens with zero attached hydrogens (tertiary/aromatic N) is 2. The minimum atomic E-state index is -0.438. The van der Waals surface area contributed by atoms with Gasteiger partial charge in [-0.25, -0.2) is 4.79 Å². The standard InChI is InChI=1S/C20H31N3O2/c1-20(2,3)25-19(24)22-16-11-13-23(14-16)17-9-7-15(8-10-17)18-6-4-5-12-21-18/h4-6,12,15-17H,7-11,13-14H2,1-3H3,(H,22,24). The van der Waals surface area contributed by atoms with Gasteiger partial charge in [0, 0.05) is 43.0 Å². The quantitative estimate of drug-likeness (QED) is 0.907. The first-order valence-corrected chi connectivity index (χ1v) is 9.55. The van der Waals surface area contributed by atoms with E-state index in [1.807, 2.05) is 33.0 Å². The Labute approximate surface area is 151 Å². The van der Waals surface area contributed by atoms with Crippen molar-refractivity contribution >= 4 is 6.09 Å². The Morgan fingerprint density at radius 1 is 1.20 bits per heavy atom. The lowest BCUT2D eigenvalue weighted by molar-refractivity contribution is 0.0503. The van der Waals surface area contributed by atoms with Gasteiger partial charge in [0.1, 0.15) is 5.60 Å².